The molecule has 4 heteroatoms. The Labute approximate surface area is 123 Å². The van der Waals surface area contributed by atoms with Crippen LogP contribution in [0.4, 0.5) is 4.39 Å². The zero-order chi connectivity index (χ0) is 14.7. The van der Waals surface area contributed by atoms with Crippen LogP contribution in [0.2, 0.25) is 0 Å². The second-order valence-electron chi connectivity index (χ2n) is 5.41. The van der Waals surface area contributed by atoms with Gasteiger partial charge in [0.15, 0.2) is 0 Å². The van der Waals surface area contributed by atoms with E-state index in [-0.39, 0.29) is 11.6 Å². The Morgan fingerprint density at radius 3 is 2.57 bits per heavy atom. The highest BCUT2D eigenvalue weighted by atomic mass is 19.1. The van der Waals surface area contributed by atoms with E-state index in [0.717, 1.165) is 11.1 Å². The van der Waals surface area contributed by atoms with Crippen molar-refractivity contribution in [1.82, 2.24) is 5.32 Å². The van der Waals surface area contributed by atoms with Gasteiger partial charge in [-0.25, -0.2) is 4.39 Å². The van der Waals surface area contributed by atoms with Crippen molar-refractivity contribution in [2.75, 3.05) is 0 Å². The molecule has 0 atom stereocenters. The van der Waals surface area contributed by atoms with E-state index in [1.54, 1.807) is 24.3 Å². The van der Waals surface area contributed by atoms with E-state index in [1.165, 1.54) is 25.0 Å². The number of hydrogen-bond acceptors (Lipinski definition) is 3. The molecule has 0 unspecified atom stereocenters. The molecule has 2 aromatic carbocycles. The summed E-state index contributed by atoms with van der Waals surface area (Å²) in [5.74, 6) is 0.458. The lowest BCUT2D eigenvalue weighted by molar-refractivity contribution is 0.304. The molecule has 21 heavy (non-hydrogen) atoms. The Bertz CT molecular complexity index is 609. The largest absolute Gasteiger partial charge is 0.508 e. The van der Waals surface area contributed by atoms with Crippen LogP contribution in [0.25, 0.3) is 0 Å². The van der Waals surface area contributed by atoms with Crippen molar-refractivity contribution < 1.29 is 14.2 Å². The molecule has 1 fully saturated rings. The molecule has 2 aromatic rings. The fourth-order valence-corrected chi connectivity index (χ4v) is 2.11. The van der Waals surface area contributed by atoms with E-state index < -0.39 is 0 Å². The summed E-state index contributed by atoms with van der Waals surface area (Å²) in [7, 11) is 0. The van der Waals surface area contributed by atoms with Crippen LogP contribution in [0.5, 0.6) is 11.5 Å². The van der Waals surface area contributed by atoms with Crippen LogP contribution >= 0.6 is 0 Å². The number of halogens is 1. The van der Waals surface area contributed by atoms with E-state index in [1.807, 2.05) is 6.07 Å². The van der Waals surface area contributed by atoms with E-state index in [4.69, 9.17) is 4.74 Å². The number of phenols is 1. The highest BCUT2D eigenvalue weighted by molar-refractivity contribution is 5.31. The first kappa shape index (κ1) is 13.9. The minimum absolute atomic E-state index is 0.220. The lowest BCUT2D eigenvalue weighted by Gasteiger charge is -2.09. The van der Waals surface area contributed by atoms with Gasteiger partial charge in [-0.2, -0.15) is 0 Å². The molecular formula is C17H18FNO2. The average Bonchev–Trinajstić information content (AvgIpc) is 3.28. The van der Waals surface area contributed by atoms with Gasteiger partial charge in [-0.3, -0.25) is 0 Å². The normalized spacial score (nSPS) is 14.1. The van der Waals surface area contributed by atoms with Gasteiger partial charge in [0, 0.05) is 18.7 Å². The Morgan fingerprint density at radius 1 is 1.10 bits per heavy atom. The minimum Gasteiger partial charge on any atom is -0.508 e. The smallest absolute Gasteiger partial charge is 0.127 e. The highest BCUT2D eigenvalue weighted by Crippen LogP contribution is 2.22. The van der Waals surface area contributed by atoms with Crippen molar-refractivity contribution in [3.63, 3.8) is 0 Å². The molecule has 3 rings (SSSR count). The molecule has 0 aromatic heterocycles. The molecule has 1 aliphatic carbocycles. The first-order valence-corrected chi connectivity index (χ1v) is 7.12. The van der Waals surface area contributed by atoms with Gasteiger partial charge in [0.1, 0.15) is 23.9 Å². The number of hydrogen-bond donors (Lipinski definition) is 2. The average molecular weight is 287 g/mol. The van der Waals surface area contributed by atoms with E-state index in [2.05, 4.69) is 5.32 Å². The Kier molecular flexibility index (Phi) is 4.06. The molecule has 1 saturated carbocycles. The maximum atomic E-state index is 13.6. The Hall–Kier alpha value is -2.07. The fourth-order valence-electron chi connectivity index (χ4n) is 2.11. The van der Waals surface area contributed by atoms with Crippen LogP contribution in [0.15, 0.2) is 42.5 Å². The second kappa shape index (κ2) is 6.14. The zero-order valence-corrected chi connectivity index (χ0v) is 11.7. The van der Waals surface area contributed by atoms with Crippen LogP contribution in [-0.4, -0.2) is 11.1 Å². The summed E-state index contributed by atoms with van der Waals surface area (Å²) in [6, 6.07) is 12.1. The molecule has 0 radical (unpaired) electrons. The standard InChI is InChI=1S/C17H18FNO2/c18-14-7-13(10-19-15-3-4-15)8-17(9-14)21-11-12-1-5-16(20)6-2-12/h1-2,5-9,15,19-20H,3-4,10-11H2. The van der Waals surface area contributed by atoms with Crippen LogP contribution < -0.4 is 10.1 Å². The topological polar surface area (TPSA) is 41.5 Å². The molecule has 3 nitrogen and oxygen atoms in total. The number of rotatable bonds is 6. The van der Waals surface area contributed by atoms with Gasteiger partial charge >= 0.3 is 0 Å². The lowest BCUT2D eigenvalue weighted by atomic mass is 10.2. The molecule has 0 amide bonds. The van der Waals surface area contributed by atoms with Crippen molar-refractivity contribution in [2.45, 2.75) is 32.0 Å². The van der Waals surface area contributed by atoms with Crippen molar-refractivity contribution in [2.24, 2.45) is 0 Å². The van der Waals surface area contributed by atoms with Gasteiger partial charge in [-0.05, 0) is 48.2 Å². The predicted octanol–water partition coefficient (Wildman–Crippen LogP) is 3.36. The molecule has 0 saturated heterocycles. The second-order valence-corrected chi connectivity index (χ2v) is 5.41. The maximum Gasteiger partial charge on any atom is 0.127 e. The van der Waals surface area contributed by atoms with Crippen molar-refractivity contribution in [3.05, 3.63) is 59.4 Å². The third-order valence-electron chi connectivity index (χ3n) is 3.45. The molecule has 0 bridgehead atoms. The first-order valence-electron chi connectivity index (χ1n) is 7.12. The SMILES string of the molecule is Oc1ccc(COc2cc(F)cc(CNC3CC3)c2)cc1. The third-order valence-corrected chi connectivity index (χ3v) is 3.45. The fraction of sp³-hybridized carbons (Fsp3) is 0.294. The van der Waals surface area contributed by atoms with Crippen molar-refractivity contribution >= 4 is 0 Å². The minimum atomic E-state index is -0.286. The van der Waals surface area contributed by atoms with Gasteiger partial charge in [0.25, 0.3) is 0 Å². The first-order chi connectivity index (χ1) is 10.2. The monoisotopic (exact) mass is 287 g/mol. The van der Waals surface area contributed by atoms with E-state index >= 15 is 0 Å². The summed E-state index contributed by atoms with van der Waals surface area (Å²) in [6.07, 6.45) is 2.42. The molecule has 0 heterocycles. The van der Waals surface area contributed by atoms with Crippen LogP contribution in [0, 0.1) is 5.82 Å². The number of phenolic OH excluding ortho intramolecular Hbond substituents is 1. The lowest BCUT2D eigenvalue weighted by Crippen LogP contribution is -2.15. The van der Waals surface area contributed by atoms with E-state index in [9.17, 15) is 9.50 Å². The zero-order valence-electron chi connectivity index (χ0n) is 11.7. The van der Waals surface area contributed by atoms with Gasteiger partial charge in [-0.15, -0.1) is 0 Å². The summed E-state index contributed by atoms with van der Waals surface area (Å²) < 4.78 is 19.2. The van der Waals surface area contributed by atoms with Gasteiger partial charge < -0.3 is 15.2 Å². The molecule has 0 aliphatic heterocycles. The van der Waals surface area contributed by atoms with Gasteiger partial charge in [0.05, 0.1) is 0 Å². The maximum absolute atomic E-state index is 13.6. The summed E-state index contributed by atoms with van der Waals surface area (Å²) in [5.41, 5.74) is 1.82. The number of nitrogens with one attached hydrogen (secondary N) is 1. The molecular weight excluding hydrogens is 269 g/mol. The number of ether oxygens (including phenoxy) is 1. The Balaban J connectivity index is 1.62. The van der Waals surface area contributed by atoms with Crippen molar-refractivity contribution in [1.29, 1.82) is 0 Å². The summed E-state index contributed by atoms with van der Waals surface area (Å²) in [5, 5.41) is 12.6. The third kappa shape index (κ3) is 4.20. The summed E-state index contributed by atoms with van der Waals surface area (Å²) >= 11 is 0. The molecule has 0 spiro atoms. The molecule has 110 valence electrons. The van der Waals surface area contributed by atoms with Crippen molar-refractivity contribution in [3.8, 4) is 11.5 Å². The highest BCUT2D eigenvalue weighted by Gasteiger charge is 2.20. The number of benzene rings is 2. The van der Waals surface area contributed by atoms with Crippen LogP contribution in [0.1, 0.15) is 24.0 Å². The van der Waals surface area contributed by atoms with Crippen LogP contribution in [0.3, 0.4) is 0 Å². The van der Waals surface area contributed by atoms with Gasteiger partial charge in [-0.1, -0.05) is 12.1 Å². The molecule has 1 aliphatic rings. The van der Waals surface area contributed by atoms with Gasteiger partial charge in [0.2, 0.25) is 0 Å². The Morgan fingerprint density at radius 2 is 1.86 bits per heavy atom. The predicted molar refractivity (Wildman–Crippen MR) is 78.7 cm³/mol. The van der Waals surface area contributed by atoms with Crippen LogP contribution in [-0.2, 0) is 13.2 Å². The molecule has 2 N–H and O–H groups in total. The number of aromatic hydroxyl groups is 1. The van der Waals surface area contributed by atoms with E-state index in [0.29, 0.717) is 24.9 Å². The quantitative estimate of drug-likeness (QED) is 0.856. The summed E-state index contributed by atoms with van der Waals surface area (Å²) in [6.45, 7) is 1.01. The summed E-state index contributed by atoms with van der Waals surface area (Å²) in [4.78, 5) is 0.